The second-order valence-electron chi connectivity index (χ2n) is 9.07. The number of aryl methyl sites for hydroxylation is 1. The lowest BCUT2D eigenvalue weighted by Crippen LogP contribution is -2.38. The molecule has 3 fully saturated rings. The number of amides is 2. The summed E-state index contributed by atoms with van der Waals surface area (Å²) >= 11 is 0. The Kier molecular flexibility index (Phi) is 7.29. The molecule has 2 heterocycles. The number of nitrogens with zero attached hydrogens (tertiary/aromatic N) is 2. The molecule has 1 aromatic rings. The van der Waals surface area contributed by atoms with E-state index >= 15 is 0 Å². The Morgan fingerprint density at radius 2 is 1.72 bits per heavy atom. The van der Waals surface area contributed by atoms with E-state index in [0.29, 0.717) is 17.7 Å². The van der Waals surface area contributed by atoms with E-state index in [1.54, 1.807) is 25.1 Å². The van der Waals surface area contributed by atoms with Gasteiger partial charge in [0.1, 0.15) is 0 Å². The number of imide groups is 1. The fraction of sp³-hybridized carbons (Fsp3) is 0.652. The van der Waals surface area contributed by atoms with Crippen molar-refractivity contribution in [3.8, 4) is 0 Å². The summed E-state index contributed by atoms with van der Waals surface area (Å²) in [5, 5.41) is 0. The molecule has 3 aliphatic rings. The number of sulfonamides is 1. The highest BCUT2D eigenvalue weighted by Gasteiger charge is 2.47. The minimum absolute atomic E-state index is 0.106. The molecule has 4 rings (SSSR count). The standard InChI is InChI=1S/C23H33N3O5S/c1-17-7-8-18(16-26-22(27)19-5-2-3-6-20(19)23(26)28)15-21(17)32(29,30)24-9-4-10-25-11-13-31-14-12-25/h7-8,15,19-20,24H,2-6,9-14,16H2,1H3/t19-,20+. The van der Waals surface area contributed by atoms with Gasteiger partial charge in [0.25, 0.3) is 0 Å². The van der Waals surface area contributed by atoms with Crippen molar-refractivity contribution < 1.29 is 22.7 Å². The summed E-state index contributed by atoms with van der Waals surface area (Å²) in [7, 11) is -3.68. The van der Waals surface area contributed by atoms with Crippen LogP contribution in [-0.4, -0.2) is 69.4 Å². The molecule has 0 aromatic heterocycles. The van der Waals surface area contributed by atoms with Crippen LogP contribution in [0.5, 0.6) is 0 Å². The Morgan fingerprint density at radius 3 is 2.38 bits per heavy atom. The van der Waals surface area contributed by atoms with Crippen molar-refractivity contribution in [1.29, 1.82) is 0 Å². The third-order valence-corrected chi connectivity index (χ3v) is 8.47. The van der Waals surface area contributed by atoms with Gasteiger partial charge in [-0.15, -0.1) is 0 Å². The van der Waals surface area contributed by atoms with Gasteiger partial charge in [-0.3, -0.25) is 19.4 Å². The number of ether oxygens (including phenoxy) is 1. The number of benzene rings is 1. The number of fused-ring (bicyclic) bond motifs is 1. The van der Waals surface area contributed by atoms with Gasteiger partial charge >= 0.3 is 0 Å². The number of likely N-dealkylation sites (tertiary alicyclic amines) is 1. The maximum atomic E-state index is 12.9. The van der Waals surface area contributed by atoms with Crippen molar-refractivity contribution in [2.24, 2.45) is 11.8 Å². The van der Waals surface area contributed by atoms with Crippen LogP contribution in [0, 0.1) is 18.8 Å². The molecule has 176 valence electrons. The highest BCUT2D eigenvalue weighted by Crippen LogP contribution is 2.38. The van der Waals surface area contributed by atoms with Crippen LogP contribution in [0.3, 0.4) is 0 Å². The molecule has 0 radical (unpaired) electrons. The lowest BCUT2D eigenvalue weighted by molar-refractivity contribution is -0.140. The predicted octanol–water partition coefficient (Wildman–Crippen LogP) is 1.67. The number of carbonyl (C=O) groups excluding carboxylic acids is 2. The van der Waals surface area contributed by atoms with Gasteiger partial charge < -0.3 is 4.74 Å². The minimum atomic E-state index is -3.68. The Labute approximate surface area is 190 Å². The Bertz CT molecular complexity index is 934. The zero-order chi connectivity index (χ0) is 22.7. The molecular formula is C23H33N3O5S. The van der Waals surface area contributed by atoms with Crippen LogP contribution < -0.4 is 4.72 Å². The number of hydrogen-bond acceptors (Lipinski definition) is 6. The van der Waals surface area contributed by atoms with Crippen LogP contribution in [0.25, 0.3) is 0 Å². The molecule has 1 N–H and O–H groups in total. The highest BCUT2D eigenvalue weighted by atomic mass is 32.2. The lowest BCUT2D eigenvalue weighted by atomic mass is 9.81. The summed E-state index contributed by atoms with van der Waals surface area (Å²) in [6, 6.07) is 5.15. The van der Waals surface area contributed by atoms with E-state index in [2.05, 4.69) is 9.62 Å². The summed E-state index contributed by atoms with van der Waals surface area (Å²) in [6.07, 6.45) is 4.23. The third kappa shape index (κ3) is 5.06. The number of morpholine rings is 1. The van der Waals surface area contributed by atoms with Crippen LogP contribution in [0.15, 0.2) is 23.1 Å². The summed E-state index contributed by atoms with van der Waals surface area (Å²) in [5.41, 5.74) is 1.30. The molecule has 1 saturated carbocycles. The van der Waals surface area contributed by atoms with Crippen molar-refractivity contribution in [1.82, 2.24) is 14.5 Å². The van der Waals surface area contributed by atoms with E-state index in [0.717, 1.165) is 65.0 Å². The second kappa shape index (κ2) is 9.99. The third-order valence-electron chi connectivity index (χ3n) is 6.86. The maximum absolute atomic E-state index is 12.9. The molecule has 1 aromatic carbocycles. The molecule has 0 unspecified atom stereocenters. The van der Waals surface area contributed by atoms with Gasteiger partial charge in [-0.05, 0) is 49.9 Å². The van der Waals surface area contributed by atoms with Gasteiger partial charge in [0.2, 0.25) is 21.8 Å². The van der Waals surface area contributed by atoms with E-state index in [1.807, 2.05) is 0 Å². The van der Waals surface area contributed by atoms with Crippen LogP contribution in [0.2, 0.25) is 0 Å². The van der Waals surface area contributed by atoms with Gasteiger partial charge in [0.05, 0.1) is 36.5 Å². The van der Waals surface area contributed by atoms with E-state index in [4.69, 9.17) is 4.74 Å². The van der Waals surface area contributed by atoms with Gasteiger partial charge in [0.15, 0.2) is 0 Å². The summed E-state index contributed by atoms with van der Waals surface area (Å²) in [4.78, 5) is 29.3. The zero-order valence-corrected chi connectivity index (χ0v) is 19.5. The van der Waals surface area contributed by atoms with E-state index < -0.39 is 10.0 Å². The van der Waals surface area contributed by atoms with E-state index in [9.17, 15) is 18.0 Å². The van der Waals surface area contributed by atoms with Crippen molar-refractivity contribution in [2.75, 3.05) is 39.4 Å². The monoisotopic (exact) mass is 463 g/mol. The fourth-order valence-electron chi connectivity index (χ4n) is 5.01. The number of rotatable bonds is 8. The Morgan fingerprint density at radius 1 is 1.06 bits per heavy atom. The first kappa shape index (κ1) is 23.4. The molecule has 32 heavy (non-hydrogen) atoms. The van der Waals surface area contributed by atoms with E-state index in [1.165, 1.54) is 4.90 Å². The Hall–Kier alpha value is -1.81. The second-order valence-corrected chi connectivity index (χ2v) is 10.8. The number of carbonyl (C=O) groups is 2. The van der Waals surface area contributed by atoms with Crippen molar-refractivity contribution in [2.45, 2.75) is 50.5 Å². The fourth-order valence-corrected chi connectivity index (χ4v) is 6.38. The molecule has 8 nitrogen and oxygen atoms in total. The van der Waals surface area contributed by atoms with Crippen molar-refractivity contribution in [3.63, 3.8) is 0 Å². The largest absolute Gasteiger partial charge is 0.379 e. The normalized spacial score (nSPS) is 24.7. The van der Waals surface area contributed by atoms with E-state index in [-0.39, 0.29) is 35.1 Å². The average Bonchev–Trinajstić information content (AvgIpc) is 3.03. The first-order valence-electron chi connectivity index (χ1n) is 11.6. The maximum Gasteiger partial charge on any atom is 0.240 e. The van der Waals surface area contributed by atoms with Crippen LogP contribution >= 0.6 is 0 Å². The topological polar surface area (TPSA) is 96.0 Å². The molecule has 2 amide bonds. The first-order chi connectivity index (χ1) is 15.4. The zero-order valence-electron chi connectivity index (χ0n) is 18.7. The smallest absolute Gasteiger partial charge is 0.240 e. The quantitative estimate of drug-likeness (QED) is 0.465. The van der Waals surface area contributed by atoms with Crippen molar-refractivity contribution >= 4 is 21.8 Å². The SMILES string of the molecule is Cc1ccc(CN2C(=O)[C@H]3CCCC[C@H]3C2=O)cc1S(=O)(=O)NCCCN1CCOCC1. The first-order valence-corrected chi connectivity index (χ1v) is 13.1. The molecule has 0 bridgehead atoms. The molecule has 2 saturated heterocycles. The van der Waals surface area contributed by atoms with Crippen LogP contribution in [-0.2, 0) is 30.9 Å². The number of hydrogen-bond donors (Lipinski definition) is 1. The summed E-state index contributed by atoms with van der Waals surface area (Å²) in [5.74, 6) is -0.604. The van der Waals surface area contributed by atoms with Gasteiger partial charge in [0, 0.05) is 19.6 Å². The number of nitrogens with one attached hydrogen (secondary N) is 1. The molecular weight excluding hydrogens is 430 g/mol. The van der Waals surface area contributed by atoms with Gasteiger partial charge in [-0.2, -0.15) is 0 Å². The van der Waals surface area contributed by atoms with Crippen molar-refractivity contribution in [3.05, 3.63) is 29.3 Å². The Balaban J connectivity index is 1.39. The minimum Gasteiger partial charge on any atom is -0.379 e. The molecule has 1 aliphatic carbocycles. The highest BCUT2D eigenvalue weighted by molar-refractivity contribution is 7.89. The molecule has 0 spiro atoms. The summed E-state index contributed by atoms with van der Waals surface area (Å²) in [6.45, 7) is 6.27. The lowest BCUT2D eigenvalue weighted by Gasteiger charge is -2.26. The van der Waals surface area contributed by atoms with Crippen LogP contribution in [0.1, 0.15) is 43.2 Å². The summed E-state index contributed by atoms with van der Waals surface area (Å²) < 4.78 is 33.9. The molecule has 2 aliphatic heterocycles. The average molecular weight is 464 g/mol. The van der Waals surface area contributed by atoms with Crippen LogP contribution in [0.4, 0.5) is 0 Å². The van der Waals surface area contributed by atoms with Gasteiger partial charge in [-0.25, -0.2) is 13.1 Å². The molecule has 9 heteroatoms. The predicted molar refractivity (Wildman–Crippen MR) is 119 cm³/mol. The molecule has 2 atom stereocenters. The van der Waals surface area contributed by atoms with Gasteiger partial charge in [-0.1, -0.05) is 25.0 Å².